The third-order valence-corrected chi connectivity index (χ3v) is 4.82. The summed E-state index contributed by atoms with van der Waals surface area (Å²) in [5.41, 5.74) is 2.99. The largest absolute Gasteiger partial charge is 0.393 e. The third kappa shape index (κ3) is 4.45. The van der Waals surface area contributed by atoms with Gasteiger partial charge in [-0.1, -0.05) is 6.07 Å². The van der Waals surface area contributed by atoms with Crippen LogP contribution < -0.4 is 5.32 Å². The summed E-state index contributed by atoms with van der Waals surface area (Å²) in [5.74, 6) is 0.281. The number of rotatable bonds is 7. The number of hydrogen-bond donors (Lipinski definition) is 2. The van der Waals surface area contributed by atoms with Crippen molar-refractivity contribution in [2.75, 3.05) is 0 Å². The Morgan fingerprint density at radius 3 is 2.80 bits per heavy atom. The number of aliphatic hydroxyl groups is 1. The molecule has 1 fully saturated rings. The molecule has 0 radical (unpaired) electrons. The summed E-state index contributed by atoms with van der Waals surface area (Å²) in [5, 5.41) is 17.1. The number of hydrogen-bond acceptors (Lipinski definition) is 4. The van der Waals surface area contributed by atoms with E-state index in [1.807, 2.05) is 42.8 Å². The molecule has 0 spiro atoms. The molecule has 134 valence electrons. The summed E-state index contributed by atoms with van der Waals surface area (Å²) in [7, 11) is 0. The zero-order chi connectivity index (χ0) is 17.8. The molecule has 0 aromatic carbocycles. The number of nitrogens with zero attached hydrogens (tertiary/aromatic N) is 3. The number of amides is 1. The molecule has 2 heterocycles. The molecule has 6 heteroatoms. The Hall–Kier alpha value is -2.21. The van der Waals surface area contributed by atoms with Gasteiger partial charge in [0, 0.05) is 24.9 Å². The first-order valence-corrected chi connectivity index (χ1v) is 8.92. The van der Waals surface area contributed by atoms with E-state index >= 15 is 0 Å². The Morgan fingerprint density at radius 1 is 1.40 bits per heavy atom. The van der Waals surface area contributed by atoms with Crippen molar-refractivity contribution in [2.45, 2.75) is 58.2 Å². The van der Waals surface area contributed by atoms with E-state index in [1.54, 1.807) is 6.20 Å². The van der Waals surface area contributed by atoms with Gasteiger partial charge in [-0.15, -0.1) is 0 Å². The highest BCUT2D eigenvalue weighted by molar-refractivity contribution is 5.76. The van der Waals surface area contributed by atoms with Crippen LogP contribution >= 0.6 is 0 Å². The number of aryl methyl sites for hydroxylation is 3. The molecular formula is C19H26N4O2. The van der Waals surface area contributed by atoms with Gasteiger partial charge in [0.25, 0.3) is 0 Å². The molecule has 6 nitrogen and oxygen atoms in total. The first kappa shape index (κ1) is 17.6. The lowest BCUT2D eigenvalue weighted by atomic mass is 9.76. The Labute approximate surface area is 148 Å². The Kier molecular flexibility index (Phi) is 5.48. The molecule has 1 unspecified atom stereocenters. The van der Waals surface area contributed by atoms with E-state index in [2.05, 4.69) is 15.4 Å². The maximum absolute atomic E-state index is 12.4. The van der Waals surface area contributed by atoms with Crippen LogP contribution in [0.2, 0.25) is 0 Å². The fourth-order valence-corrected chi connectivity index (χ4v) is 3.43. The zero-order valence-electron chi connectivity index (χ0n) is 14.9. The SMILES string of the molecule is Cc1cc(C)n(CCCC(=O)NC(c2ccccn2)C2CC(O)C2)n1. The van der Waals surface area contributed by atoms with E-state index in [4.69, 9.17) is 0 Å². The highest BCUT2D eigenvalue weighted by Gasteiger charge is 2.36. The normalized spacial score (nSPS) is 20.8. The highest BCUT2D eigenvalue weighted by Crippen LogP contribution is 2.37. The summed E-state index contributed by atoms with van der Waals surface area (Å²) >= 11 is 0. The van der Waals surface area contributed by atoms with Gasteiger partial charge in [-0.3, -0.25) is 14.5 Å². The molecule has 25 heavy (non-hydrogen) atoms. The number of aliphatic hydroxyl groups excluding tert-OH is 1. The zero-order valence-corrected chi connectivity index (χ0v) is 14.9. The fourth-order valence-electron chi connectivity index (χ4n) is 3.43. The summed E-state index contributed by atoms with van der Waals surface area (Å²) in [6.07, 6.45) is 4.12. The van der Waals surface area contributed by atoms with E-state index in [0.29, 0.717) is 19.3 Å². The molecule has 1 saturated carbocycles. The standard InChI is InChI=1S/C19H26N4O2/c1-13-10-14(2)23(22-13)9-5-7-18(25)21-19(15-11-16(24)12-15)17-6-3-4-8-20-17/h3-4,6,8,10,15-16,19,24H,5,7,9,11-12H2,1-2H3,(H,21,25). The minimum Gasteiger partial charge on any atom is -0.393 e. The number of pyridine rings is 1. The number of carbonyl (C=O) groups excluding carboxylic acids is 1. The van der Waals surface area contributed by atoms with Gasteiger partial charge in [0.2, 0.25) is 5.91 Å². The highest BCUT2D eigenvalue weighted by atomic mass is 16.3. The number of carbonyl (C=O) groups is 1. The summed E-state index contributed by atoms with van der Waals surface area (Å²) in [6, 6.07) is 7.65. The quantitative estimate of drug-likeness (QED) is 0.809. The summed E-state index contributed by atoms with van der Waals surface area (Å²) < 4.78 is 1.95. The molecule has 2 aromatic heterocycles. The molecule has 0 aliphatic heterocycles. The minimum atomic E-state index is -0.251. The summed E-state index contributed by atoms with van der Waals surface area (Å²) in [4.78, 5) is 16.8. The van der Waals surface area contributed by atoms with Crippen molar-refractivity contribution >= 4 is 5.91 Å². The van der Waals surface area contributed by atoms with Gasteiger partial charge >= 0.3 is 0 Å². The Morgan fingerprint density at radius 2 is 2.20 bits per heavy atom. The lowest BCUT2D eigenvalue weighted by Crippen LogP contribution is -2.41. The van der Waals surface area contributed by atoms with E-state index in [9.17, 15) is 9.90 Å². The van der Waals surface area contributed by atoms with Crippen LogP contribution in [0.25, 0.3) is 0 Å². The van der Waals surface area contributed by atoms with E-state index in [1.165, 1.54) is 0 Å². The van der Waals surface area contributed by atoms with Crippen LogP contribution in [0, 0.1) is 19.8 Å². The lowest BCUT2D eigenvalue weighted by Gasteiger charge is -2.37. The molecule has 0 bridgehead atoms. The van der Waals surface area contributed by atoms with Crippen LogP contribution in [0.15, 0.2) is 30.5 Å². The van der Waals surface area contributed by atoms with Gasteiger partial charge in [0.1, 0.15) is 0 Å². The molecule has 1 atom stereocenters. The second-order valence-electron chi connectivity index (χ2n) is 6.94. The van der Waals surface area contributed by atoms with Crippen LogP contribution in [-0.2, 0) is 11.3 Å². The maximum atomic E-state index is 12.4. The lowest BCUT2D eigenvalue weighted by molar-refractivity contribution is -0.123. The average molecular weight is 342 g/mol. The van der Waals surface area contributed by atoms with Crippen molar-refractivity contribution in [2.24, 2.45) is 5.92 Å². The molecule has 3 rings (SSSR count). The van der Waals surface area contributed by atoms with Gasteiger partial charge < -0.3 is 10.4 Å². The van der Waals surface area contributed by atoms with E-state index < -0.39 is 0 Å². The van der Waals surface area contributed by atoms with Crippen LogP contribution in [0.1, 0.15) is 48.8 Å². The Balaban J connectivity index is 1.54. The van der Waals surface area contributed by atoms with Crippen LogP contribution in [0.5, 0.6) is 0 Å². The van der Waals surface area contributed by atoms with Gasteiger partial charge in [0.05, 0.1) is 23.5 Å². The van der Waals surface area contributed by atoms with Crippen molar-refractivity contribution in [3.8, 4) is 0 Å². The van der Waals surface area contributed by atoms with Crippen molar-refractivity contribution in [3.05, 3.63) is 47.5 Å². The predicted molar refractivity (Wildman–Crippen MR) is 94.8 cm³/mol. The second kappa shape index (κ2) is 7.78. The van der Waals surface area contributed by atoms with Gasteiger partial charge in [-0.2, -0.15) is 5.10 Å². The molecule has 2 N–H and O–H groups in total. The first-order valence-electron chi connectivity index (χ1n) is 8.92. The van der Waals surface area contributed by atoms with Crippen LogP contribution in [0.3, 0.4) is 0 Å². The monoisotopic (exact) mass is 342 g/mol. The smallest absolute Gasteiger partial charge is 0.220 e. The van der Waals surface area contributed by atoms with Gasteiger partial charge in [0.15, 0.2) is 0 Å². The average Bonchev–Trinajstić information content (AvgIpc) is 2.88. The minimum absolute atomic E-state index is 0.0265. The molecule has 1 aliphatic carbocycles. The van der Waals surface area contributed by atoms with Gasteiger partial charge in [-0.25, -0.2) is 0 Å². The van der Waals surface area contributed by atoms with Crippen molar-refractivity contribution in [3.63, 3.8) is 0 Å². The molecule has 1 amide bonds. The van der Waals surface area contributed by atoms with Crippen LogP contribution in [0.4, 0.5) is 0 Å². The third-order valence-electron chi connectivity index (χ3n) is 4.82. The Bertz CT molecular complexity index is 707. The van der Waals surface area contributed by atoms with Crippen LogP contribution in [-0.4, -0.2) is 31.9 Å². The fraction of sp³-hybridized carbons (Fsp3) is 0.526. The molecule has 1 aliphatic rings. The van der Waals surface area contributed by atoms with Crippen molar-refractivity contribution in [1.29, 1.82) is 0 Å². The second-order valence-corrected chi connectivity index (χ2v) is 6.94. The molecular weight excluding hydrogens is 316 g/mol. The van der Waals surface area contributed by atoms with E-state index in [-0.39, 0.29) is 24.0 Å². The number of nitrogens with one attached hydrogen (secondary N) is 1. The van der Waals surface area contributed by atoms with E-state index in [0.717, 1.165) is 30.0 Å². The topological polar surface area (TPSA) is 80.0 Å². The maximum Gasteiger partial charge on any atom is 0.220 e. The number of aromatic nitrogens is 3. The van der Waals surface area contributed by atoms with Crippen molar-refractivity contribution < 1.29 is 9.90 Å². The predicted octanol–water partition coefficient (Wildman–Crippen LogP) is 2.30. The van der Waals surface area contributed by atoms with Gasteiger partial charge in [-0.05, 0) is 57.2 Å². The summed E-state index contributed by atoms with van der Waals surface area (Å²) in [6.45, 7) is 4.74. The molecule has 2 aromatic rings. The first-order chi connectivity index (χ1) is 12.0. The molecule has 0 saturated heterocycles. The van der Waals surface area contributed by atoms with Crippen molar-refractivity contribution in [1.82, 2.24) is 20.1 Å².